The summed E-state index contributed by atoms with van der Waals surface area (Å²) in [6, 6.07) is 6.65. The zero-order valence-electron chi connectivity index (χ0n) is 16.6. The lowest BCUT2D eigenvalue weighted by Gasteiger charge is -2.38. The van der Waals surface area contributed by atoms with Crippen molar-refractivity contribution in [1.29, 1.82) is 0 Å². The third-order valence-electron chi connectivity index (χ3n) is 4.91. The maximum atomic E-state index is 14.0. The van der Waals surface area contributed by atoms with Gasteiger partial charge in [-0.05, 0) is 54.8 Å². The highest BCUT2D eigenvalue weighted by Crippen LogP contribution is 2.41. The predicted molar refractivity (Wildman–Crippen MR) is 109 cm³/mol. The van der Waals surface area contributed by atoms with E-state index in [-0.39, 0.29) is 40.5 Å². The number of hydrogen-bond acceptors (Lipinski definition) is 6. The number of ether oxygens (including phenoxy) is 1. The molecular formula is C20H19F5N2O4S. The molecule has 3 rings (SSSR count). The second kappa shape index (κ2) is 9.02. The Kier molecular flexibility index (Phi) is 6.75. The summed E-state index contributed by atoms with van der Waals surface area (Å²) in [6.07, 6.45) is -6.75. The average molecular weight is 478 g/mol. The van der Waals surface area contributed by atoms with E-state index in [1.165, 1.54) is 30.2 Å². The maximum absolute atomic E-state index is 14.0. The number of hydrogen-bond donors (Lipinski definition) is 3. The standard InChI is InChI=1S/C20H19F5N2O4S/c1-31-15-5-2-11(18(29)30)8-16(15)32-26-13-9-12(20(23,24)25)3-4-14(13)27-7-6-17(28)19(21,22)10-27/h2-5,8-9,17,26,28H,6-7,10H2,1H3,(H,29,30). The van der Waals surface area contributed by atoms with E-state index in [0.717, 1.165) is 30.1 Å². The highest BCUT2D eigenvalue weighted by Gasteiger charge is 2.44. The number of halogens is 5. The smallest absolute Gasteiger partial charge is 0.416 e. The molecule has 0 bridgehead atoms. The highest BCUT2D eigenvalue weighted by atomic mass is 32.2. The number of nitrogens with zero attached hydrogens (tertiary/aromatic N) is 1. The minimum Gasteiger partial charge on any atom is -0.496 e. The molecule has 1 saturated heterocycles. The van der Waals surface area contributed by atoms with E-state index in [0.29, 0.717) is 0 Å². The Morgan fingerprint density at radius 2 is 1.97 bits per heavy atom. The first-order chi connectivity index (χ1) is 14.9. The molecule has 1 unspecified atom stereocenters. The monoisotopic (exact) mass is 478 g/mol. The van der Waals surface area contributed by atoms with Crippen LogP contribution in [0.1, 0.15) is 22.3 Å². The molecule has 0 aromatic heterocycles. The summed E-state index contributed by atoms with van der Waals surface area (Å²) in [5, 5.41) is 18.7. The van der Waals surface area contributed by atoms with Crippen molar-refractivity contribution in [3.05, 3.63) is 47.5 Å². The van der Waals surface area contributed by atoms with Gasteiger partial charge in [0.05, 0.1) is 41.1 Å². The fourth-order valence-electron chi connectivity index (χ4n) is 3.20. The number of anilines is 2. The fourth-order valence-corrected chi connectivity index (χ4v) is 4.02. The van der Waals surface area contributed by atoms with Crippen LogP contribution in [0.5, 0.6) is 5.75 Å². The zero-order valence-corrected chi connectivity index (χ0v) is 17.4. The van der Waals surface area contributed by atoms with Crippen molar-refractivity contribution in [3.8, 4) is 5.75 Å². The second-order valence-corrected chi connectivity index (χ2v) is 7.94. The largest absolute Gasteiger partial charge is 0.496 e. The summed E-state index contributed by atoms with van der Waals surface area (Å²) >= 11 is 0.785. The Labute approximate surface area is 184 Å². The molecule has 3 N–H and O–H groups in total. The number of carbonyl (C=O) groups is 1. The van der Waals surface area contributed by atoms with Crippen molar-refractivity contribution in [2.75, 3.05) is 29.8 Å². The lowest BCUT2D eigenvalue weighted by atomic mass is 10.0. The average Bonchev–Trinajstić information content (AvgIpc) is 2.73. The van der Waals surface area contributed by atoms with Crippen LogP contribution in [0, 0.1) is 0 Å². The third-order valence-corrected chi connectivity index (χ3v) is 5.77. The summed E-state index contributed by atoms with van der Waals surface area (Å²) < 4.78 is 75.7. The molecule has 0 radical (unpaired) electrons. The molecule has 0 amide bonds. The quantitative estimate of drug-likeness (QED) is 0.409. The Hall–Kier alpha value is -2.73. The van der Waals surface area contributed by atoms with Gasteiger partial charge >= 0.3 is 12.1 Å². The number of methoxy groups -OCH3 is 1. The molecule has 6 nitrogen and oxygen atoms in total. The minimum absolute atomic E-state index is 0.0132. The number of rotatable bonds is 6. The molecule has 1 aliphatic heterocycles. The van der Waals surface area contributed by atoms with Crippen LogP contribution < -0.4 is 14.4 Å². The predicted octanol–water partition coefficient (Wildman–Crippen LogP) is 4.74. The lowest BCUT2D eigenvalue weighted by molar-refractivity contribution is -0.137. The van der Waals surface area contributed by atoms with Crippen LogP contribution in [0.25, 0.3) is 0 Å². The van der Waals surface area contributed by atoms with Crippen molar-refractivity contribution < 1.29 is 41.7 Å². The van der Waals surface area contributed by atoms with Crippen LogP contribution >= 0.6 is 11.9 Å². The molecule has 32 heavy (non-hydrogen) atoms. The van der Waals surface area contributed by atoms with Gasteiger partial charge in [-0.15, -0.1) is 0 Å². The van der Waals surface area contributed by atoms with Crippen molar-refractivity contribution in [1.82, 2.24) is 0 Å². The molecule has 1 fully saturated rings. The lowest BCUT2D eigenvalue weighted by Crippen LogP contribution is -2.51. The first-order valence-electron chi connectivity index (χ1n) is 9.28. The molecule has 0 saturated carbocycles. The van der Waals surface area contributed by atoms with Gasteiger partial charge in [0, 0.05) is 6.54 Å². The summed E-state index contributed by atoms with van der Waals surface area (Å²) in [5.74, 6) is -4.36. The van der Waals surface area contributed by atoms with E-state index < -0.39 is 36.3 Å². The van der Waals surface area contributed by atoms with Gasteiger partial charge < -0.3 is 24.6 Å². The van der Waals surface area contributed by atoms with Crippen LogP contribution in [0.2, 0.25) is 0 Å². The first kappa shape index (κ1) is 23.9. The number of carboxylic acids is 1. The molecule has 1 atom stereocenters. The highest BCUT2D eigenvalue weighted by molar-refractivity contribution is 8.00. The van der Waals surface area contributed by atoms with Crippen LogP contribution in [-0.2, 0) is 6.18 Å². The number of aromatic carboxylic acids is 1. The van der Waals surface area contributed by atoms with Gasteiger partial charge in [-0.25, -0.2) is 13.6 Å². The number of carboxylic acid groups (broad SMARTS) is 1. The molecule has 0 aliphatic carbocycles. The summed E-state index contributed by atoms with van der Waals surface area (Å²) in [7, 11) is 1.34. The molecule has 1 aliphatic rings. The molecule has 1 heterocycles. The first-order valence-corrected chi connectivity index (χ1v) is 10.1. The number of nitrogens with one attached hydrogen (secondary N) is 1. The van der Waals surface area contributed by atoms with E-state index in [9.17, 15) is 37.0 Å². The summed E-state index contributed by atoms with van der Waals surface area (Å²) in [6.45, 7) is -0.851. The maximum Gasteiger partial charge on any atom is 0.416 e. The van der Waals surface area contributed by atoms with Gasteiger partial charge in [-0.3, -0.25) is 0 Å². The Balaban J connectivity index is 1.96. The Morgan fingerprint density at radius 1 is 1.25 bits per heavy atom. The van der Waals surface area contributed by atoms with Crippen LogP contribution in [0.4, 0.5) is 33.3 Å². The van der Waals surface area contributed by atoms with Gasteiger partial charge in [-0.1, -0.05) is 0 Å². The molecule has 174 valence electrons. The number of alkyl halides is 5. The van der Waals surface area contributed by atoms with E-state index in [4.69, 9.17) is 4.74 Å². The third kappa shape index (κ3) is 5.18. The van der Waals surface area contributed by atoms with Crippen molar-refractivity contribution in [2.24, 2.45) is 0 Å². The second-order valence-electron chi connectivity index (χ2n) is 7.09. The normalized spacial score (nSPS) is 18.3. The molecule has 2 aromatic rings. The Morgan fingerprint density at radius 3 is 2.56 bits per heavy atom. The zero-order chi connectivity index (χ0) is 23.7. The molecular weight excluding hydrogens is 459 g/mol. The van der Waals surface area contributed by atoms with Gasteiger partial charge in [0.1, 0.15) is 11.9 Å². The number of piperidine rings is 1. The minimum atomic E-state index is -4.66. The SMILES string of the molecule is COc1ccc(C(=O)O)cc1SNc1cc(C(F)(F)F)ccc1N1CCC(O)C(F)(F)C1. The van der Waals surface area contributed by atoms with Crippen LogP contribution in [0.15, 0.2) is 41.3 Å². The van der Waals surface area contributed by atoms with E-state index in [1.807, 2.05) is 0 Å². The number of aliphatic hydroxyl groups is 1. The summed E-state index contributed by atoms with van der Waals surface area (Å²) in [4.78, 5) is 12.7. The van der Waals surface area contributed by atoms with Crippen LogP contribution in [0.3, 0.4) is 0 Å². The van der Waals surface area contributed by atoms with Gasteiger partial charge in [0.25, 0.3) is 5.92 Å². The Bertz CT molecular complexity index is 1000. The number of aliphatic hydroxyl groups excluding tert-OH is 1. The van der Waals surface area contributed by atoms with Crippen LogP contribution in [-0.4, -0.2) is 48.4 Å². The van der Waals surface area contributed by atoms with Gasteiger partial charge in [0.2, 0.25) is 0 Å². The molecule has 0 spiro atoms. The van der Waals surface area contributed by atoms with E-state index in [1.54, 1.807) is 0 Å². The van der Waals surface area contributed by atoms with Crippen molar-refractivity contribution in [3.63, 3.8) is 0 Å². The fraction of sp³-hybridized carbons (Fsp3) is 0.350. The van der Waals surface area contributed by atoms with Crippen molar-refractivity contribution in [2.45, 2.75) is 29.5 Å². The van der Waals surface area contributed by atoms with Gasteiger partial charge in [-0.2, -0.15) is 13.2 Å². The molecule has 2 aromatic carbocycles. The van der Waals surface area contributed by atoms with Gasteiger partial charge in [0.15, 0.2) is 0 Å². The molecule has 12 heteroatoms. The topological polar surface area (TPSA) is 82.0 Å². The van der Waals surface area contributed by atoms with E-state index >= 15 is 0 Å². The van der Waals surface area contributed by atoms with Crippen molar-refractivity contribution >= 4 is 29.3 Å². The van der Waals surface area contributed by atoms with E-state index in [2.05, 4.69) is 4.72 Å². The summed E-state index contributed by atoms with van der Waals surface area (Å²) in [5.41, 5.74) is -1.06. The number of benzene rings is 2.